The summed E-state index contributed by atoms with van der Waals surface area (Å²) in [5, 5.41) is 0. The maximum atomic E-state index is 11.9. The molecule has 0 saturated carbocycles. The van der Waals surface area contributed by atoms with Crippen molar-refractivity contribution in [1.82, 2.24) is 4.90 Å². The largest absolute Gasteiger partial charge is 0.472 e. The number of thioether (sulfide) groups is 1. The summed E-state index contributed by atoms with van der Waals surface area (Å²) in [7, 11) is -0.378. The van der Waals surface area contributed by atoms with Crippen LogP contribution in [-0.4, -0.2) is 70.6 Å². The van der Waals surface area contributed by atoms with Crippen LogP contribution in [0.4, 0.5) is 0 Å². The maximum Gasteiger partial charge on any atom is 0.472 e. The SMILES string of the molecule is CN(C)CCOP(=O)(O)OC[C@H](I)COC(=O)CCCCCCCCCCCSC(C)(C)C. The zero-order chi connectivity index (χ0) is 25.2. The molecule has 0 rings (SSSR count). The van der Waals surface area contributed by atoms with Crippen LogP contribution >= 0.6 is 42.2 Å². The lowest BCUT2D eigenvalue weighted by Crippen LogP contribution is -2.20. The molecule has 0 aliphatic heterocycles. The first kappa shape index (κ1) is 33.6. The van der Waals surface area contributed by atoms with Crippen molar-refractivity contribution in [2.75, 3.05) is 46.2 Å². The van der Waals surface area contributed by atoms with Gasteiger partial charge in [0, 0.05) is 17.7 Å². The summed E-state index contributed by atoms with van der Waals surface area (Å²) in [4.78, 5) is 23.3. The number of phosphoric ester groups is 1. The van der Waals surface area contributed by atoms with Gasteiger partial charge in [-0.25, -0.2) is 4.57 Å². The van der Waals surface area contributed by atoms with E-state index in [1.54, 1.807) is 0 Å². The third kappa shape index (κ3) is 25.5. The Labute approximate surface area is 220 Å². The predicted octanol–water partition coefficient (Wildman–Crippen LogP) is 6.46. The van der Waals surface area contributed by atoms with E-state index in [1.807, 2.05) is 41.6 Å². The standard InChI is InChI=1S/C23H47INO6PS/c1-23(2,3)33-18-14-12-10-8-6-7-9-11-13-15-22(26)29-19-21(24)20-31-32(27,28)30-17-16-25(4)5/h21H,6-20H2,1-5H3,(H,27,28)/t21-/m1/s1. The minimum Gasteiger partial charge on any atom is -0.464 e. The molecule has 0 radical (unpaired) electrons. The third-order valence-corrected chi connectivity index (χ3v) is 7.76. The van der Waals surface area contributed by atoms with Crippen LogP contribution in [0.3, 0.4) is 0 Å². The molecule has 1 unspecified atom stereocenters. The highest BCUT2D eigenvalue weighted by molar-refractivity contribution is 14.1. The Kier molecular flexibility index (Phi) is 20.1. The molecule has 0 saturated heterocycles. The van der Waals surface area contributed by atoms with Crippen molar-refractivity contribution in [3.05, 3.63) is 0 Å². The van der Waals surface area contributed by atoms with E-state index in [4.69, 9.17) is 13.8 Å². The quantitative estimate of drug-likeness (QED) is 0.0513. The molecule has 0 aromatic rings. The Bertz CT molecular complexity index is 548. The van der Waals surface area contributed by atoms with Gasteiger partial charge in [-0.15, -0.1) is 0 Å². The van der Waals surface area contributed by atoms with Gasteiger partial charge in [0.05, 0.1) is 17.1 Å². The predicted molar refractivity (Wildman–Crippen MR) is 147 cm³/mol. The van der Waals surface area contributed by atoms with Crippen molar-refractivity contribution in [2.24, 2.45) is 0 Å². The molecule has 0 bridgehead atoms. The number of esters is 1. The zero-order valence-corrected chi connectivity index (χ0v) is 25.2. The average molecular weight is 624 g/mol. The summed E-state index contributed by atoms with van der Waals surface area (Å²) in [5.41, 5.74) is 0. The van der Waals surface area contributed by atoms with Crippen LogP contribution in [0.5, 0.6) is 0 Å². The molecule has 0 fully saturated rings. The second-order valence-electron chi connectivity index (χ2n) is 9.57. The lowest BCUT2D eigenvalue weighted by atomic mass is 10.1. The van der Waals surface area contributed by atoms with E-state index >= 15 is 0 Å². The van der Waals surface area contributed by atoms with Crippen molar-refractivity contribution in [2.45, 2.75) is 93.7 Å². The highest BCUT2D eigenvalue weighted by Gasteiger charge is 2.23. The van der Waals surface area contributed by atoms with E-state index in [1.165, 1.54) is 44.3 Å². The van der Waals surface area contributed by atoms with Gasteiger partial charge in [-0.05, 0) is 32.7 Å². The van der Waals surface area contributed by atoms with Gasteiger partial charge in [-0.2, -0.15) is 11.8 Å². The van der Waals surface area contributed by atoms with Crippen LogP contribution < -0.4 is 0 Å². The first-order valence-corrected chi connectivity index (χ1v) is 15.8. The van der Waals surface area contributed by atoms with Crippen LogP contribution in [0.25, 0.3) is 0 Å². The van der Waals surface area contributed by atoms with Crippen molar-refractivity contribution < 1.29 is 28.0 Å². The number of phosphoric acid groups is 1. The molecule has 0 heterocycles. The number of nitrogens with zero attached hydrogens (tertiary/aromatic N) is 1. The molecular weight excluding hydrogens is 576 g/mol. The lowest BCUT2D eigenvalue weighted by Gasteiger charge is -2.17. The Morgan fingerprint density at radius 1 is 0.970 bits per heavy atom. The number of carbonyl (C=O) groups is 1. The van der Waals surface area contributed by atoms with Crippen molar-refractivity contribution in [3.8, 4) is 0 Å². The van der Waals surface area contributed by atoms with E-state index in [0.29, 0.717) is 17.7 Å². The number of hydrogen-bond acceptors (Lipinski definition) is 7. The van der Waals surface area contributed by atoms with Crippen molar-refractivity contribution in [3.63, 3.8) is 0 Å². The number of rotatable bonds is 21. The van der Waals surface area contributed by atoms with Crippen LogP contribution in [0.2, 0.25) is 0 Å². The molecule has 0 spiro atoms. The topological polar surface area (TPSA) is 85.3 Å². The molecule has 0 aromatic heterocycles. The van der Waals surface area contributed by atoms with Gasteiger partial charge < -0.3 is 14.5 Å². The molecule has 0 aromatic carbocycles. The van der Waals surface area contributed by atoms with Crippen molar-refractivity contribution >= 4 is 48.1 Å². The van der Waals surface area contributed by atoms with Gasteiger partial charge >= 0.3 is 13.8 Å². The van der Waals surface area contributed by atoms with Crippen LogP contribution in [0.15, 0.2) is 0 Å². The molecule has 2 atom stereocenters. The molecule has 0 amide bonds. The second kappa shape index (κ2) is 19.8. The third-order valence-electron chi connectivity index (χ3n) is 4.70. The Balaban J connectivity index is 3.55. The normalized spacial score (nSPS) is 14.9. The molecule has 7 nitrogen and oxygen atoms in total. The van der Waals surface area contributed by atoms with Crippen LogP contribution in [-0.2, 0) is 23.1 Å². The van der Waals surface area contributed by atoms with E-state index in [2.05, 4.69) is 32.5 Å². The van der Waals surface area contributed by atoms with Gasteiger partial charge in [0.2, 0.25) is 0 Å². The van der Waals surface area contributed by atoms with Crippen LogP contribution in [0, 0.1) is 0 Å². The monoisotopic (exact) mass is 623 g/mol. The maximum absolute atomic E-state index is 11.9. The first-order valence-electron chi connectivity index (χ1n) is 12.1. The molecule has 1 N–H and O–H groups in total. The highest BCUT2D eigenvalue weighted by Crippen LogP contribution is 2.43. The van der Waals surface area contributed by atoms with E-state index in [0.717, 1.165) is 19.3 Å². The molecule has 0 aliphatic carbocycles. The van der Waals surface area contributed by atoms with Crippen LogP contribution in [0.1, 0.15) is 85.0 Å². The Hall–Kier alpha value is 0.620. The number of hydrogen-bond donors (Lipinski definition) is 1. The molecule has 0 aliphatic rings. The van der Waals surface area contributed by atoms with Gasteiger partial charge in [0.15, 0.2) is 0 Å². The van der Waals surface area contributed by atoms with Gasteiger partial charge in [0.1, 0.15) is 6.61 Å². The fraction of sp³-hybridized carbons (Fsp3) is 0.957. The van der Waals surface area contributed by atoms with Gasteiger partial charge in [0.25, 0.3) is 0 Å². The first-order chi connectivity index (χ1) is 15.4. The molecule has 198 valence electrons. The Morgan fingerprint density at radius 3 is 2.06 bits per heavy atom. The summed E-state index contributed by atoms with van der Waals surface area (Å²) in [6.45, 7) is 7.60. The second-order valence-corrected chi connectivity index (χ2v) is 14.7. The van der Waals surface area contributed by atoms with E-state index < -0.39 is 7.82 Å². The fourth-order valence-corrected chi connectivity index (χ4v) is 5.20. The minimum absolute atomic E-state index is 0.0149. The zero-order valence-electron chi connectivity index (χ0n) is 21.4. The fourth-order valence-electron chi connectivity index (χ4n) is 2.84. The number of carbonyl (C=O) groups excluding carboxylic acids is 1. The summed E-state index contributed by atoms with van der Waals surface area (Å²) < 4.78 is 27.0. The highest BCUT2D eigenvalue weighted by atomic mass is 127. The smallest absolute Gasteiger partial charge is 0.464 e. The summed E-state index contributed by atoms with van der Waals surface area (Å²) in [6.07, 6.45) is 11.3. The summed E-state index contributed by atoms with van der Waals surface area (Å²) in [6, 6.07) is 0. The van der Waals surface area contributed by atoms with E-state index in [9.17, 15) is 14.3 Å². The minimum atomic E-state index is -4.07. The number of unbranched alkanes of at least 4 members (excludes halogenated alkanes) is 8. The average Bonchev–Trinajstić information content (AvgIpc) is 2.70. The summed E-state index contributed by atoms with van der Waals surface area (Å²) >= 11 is 4.09. The van der Waals surface area contributed by atoms with Crippen molar-refractivity contribution in [1.29, 1.82) is 0 Å². The Morgan fingerprint density at radius 2 is 1.52 bits per heavy atom. The number of ether oxygens (including phenoxy) is 1. The number of halogens is 1. The van der Waals surface area contributed by atoms with Gasteiger partial charge in [-0.3, -0.25) is 13.8 Å². The molecule has 10 heteroatoms. The number of likely N-dealkylation sites (N-methyl/N-ethyl adjacent to an activating group) is 1. The number of alkyl halides is 1. The molecule has 33 heavy (non-hydrogen) atoms. The lowest BCUT2D eigenvalue weighted by molar-refractivity contribution is -0.143. The summed E-state index contributed by atoms with van der Waals surface area (Å²) in [5.74, 6) is 1.04. The van der Waals surface area contributed by atoms with E-state index in [-0.39, 0.29) is 29.7 Å². The van der Waals surface area contributed by atoms with Gasteiger partial charge in [-0.1, -0.05) is 88.3 Å². The molecular formula is C23H47INO6PS.